The predicted molar refractivity (Wildman–Crippen MR) is 66.4 cm³/mol. The van der Waals surface area contributed by atoms with E-state index in [2.05, 4.69) is 0 Å². The smallest absolute Gasteiger partial charge is 0.317 e. The van der Waals surface area contributed by atoms with Crippen LogP contribution in [0.15, 0.2) is 12.1 Å². The van der Waals surface area contributed by atoms with Gasteiger partial charge < -0.3 is 9.84 Å². The Hall–Kier alpha value is -1.55. The van der Waals surface area contributed by atoms with Gasteiger partial charge in [0, 0.05) is 5.02 Å². The number of halogens is 1. The van der Waals surface area contributed by atoms with Crippen molar-refractivity contribution in [3.63, 3.8) is 0 Å². The molecule has 2 rings (SSSR count). The van der Waals surface area contributed by atoms with Crippen LogP contribution in [-0.2, 0) is 4.79 Å². The molecule has 0 heterocycles. The van der Waals surface area contributed by atoms with E-state index in [4.69, 9.17) is 21.4 Å². The van der Waals surface area contributed by atoms with Gasteiger partial charge in [0.2, 0.25) is 0 Å². The lowest BCUT2D eigenvalue weighted by Crippen LogP contribution is -2.26. The molecular formula is C13H13ClO4. The molecule has 0 atom stereocenters. The van der Waals surface area contributed by atoms with E-state index < -0.39 is 17.2 Å². The van der Waals surface area contributed by atoms with E-state index in [-0.39, 0.29) is 5.56 Å². The molecule has 1 aliphatic rings. The van der Waals surface area contributed by atoms with Gasteiger partial charge in [0.15, 0.2) is 5.78 Å². The summed E-state index contributed by atoms with van der Waals surface area (Å²) in [7, 11) is 1.44. The standard InChI is InChI=1S/C13H13ClO4/c1-7-5-10(18-2)8(6-9(7)14)11(15)13(3-4-13)12(16)17/h5-6H,3-4H2,1-2H3,(H,16,17). The van der Waals surface area contributed by atoms with Crippen molar-refractivity contribution in [3.05, 3.63) is 28.3 Å². The number of ether oxygens (including phenoxy) is 1. The van der Waals surface area contributed by atoms with Crippen LogP contribution in [0.5, 0.6) is 5.75 Å². The maximum Gasteiger partial charge on any atom is 0.317 e. The molecule has 96 valence electrons. The highest BCUT2D eigenvalue weighted by Crippen LogP contribution is 2.49. The monoisotopic (exact) mass is 268 g/mol. The van der Waals surface area contributed by atoms with E-state index in [9.17, 15) is 9.59 Å². The van der Waals surface area contributed by atoms with Gasteiger partial charge in [-0.15, -0.1) is 0 Å². The minimum absolute atomic E-state index is 0.244. The third-order valence-corrected chi connectivity index (χ3v) is 3.73. The van der Waals surface area contributed by atoms with Gasteiger partial charge in [-0.2, -0.15) is 0 Å². The molecule has 1 fully saturated rings. The van der Waals surface area contributed by atoms with Gasteiger partial charge in [0.1, 0.15) is 11.2 Å². The number of carboxylic acid groups (broad SMARTS) is 1. The minimum atomic E-state index is -1.27. The van der Waals surface area contributed by atoms with Gasteiger partial charge in [-0.25, -0.2) is 0 Å². The predicted octanol–water partition coefficient (Wildman–Crippen LogP) is 2.70. The Kier molecular flexibility index (Phi) is 3.07. The molecule has 1 aromatic carbocycles. The number of rotatable bonds is 4. The lowest BCUT2D eigenvalue weighted by atomic mass is 9.93. The molecule has 1 N–H and O–H groups in total. The highest BCUT2D eigenvalue weighted by atomic mass is 35.5. The van der Waals surface area contributed by atoms with E-state index >= 15 is 0 Å². The van der Waals surface area contributed by atoms with Crippen LogP contribution >= 0.6 is 11.6 Å². The Morgan fingerprint density at radius 2 is 2.00 bits per heavy atom. The lowest BCUT2D eigenvalue weighted by Gasteiger charge is -2.13. The third kappa shape index (κ3) is 1.86. The van der Waals surface area contributed by atoms with Gasteiger partial charge >= 0.3 is 5.97 Å². The quantitative estimate of drug-likeness (QED) is 0.674. The first-order valence-electron chi connectivity index (χ1n) is 5.55. The first kappa shape index (κ1) is 12.9. The second-order valence-corrected chi connectivity index (χ2v) is 4.93. The summed E-state index contributed by atoms with van der Waals surface area (Å²) in [5.74, 6) is -1.13. The molecule has 4 nitrogen and oxygen atoms in total. The van der Waals surface area contributed by atoms with Gasteiger partial charge in [-0.1, -0.05) is 11.6 Å². The number of aryl methyl sites for hydroxylation is 1. The highest BCUT2D eigenvalue weighted by molar-refractivity contribution is 6.32. The van der Waals surface area contributed by atoms with Crippen LogP contribution in [0, 0.1) is 12.3 Å². The molecule has 1 aromatic rings. The van der Waals surface area contributed by atoms with E-state index in [1.807, 2.05) is 0 Å². The number of hydrogen-bond acceptors (Lipinski definition) is 3. The van der Waals surface area contributed by atoms with Gasteiger partial charge in [0.25, 0.3) is 0 Å². The highest BCUT2D eigenvalue weighted by Gasteiger charge is 2.57. The Morgan fingerprint density at radius 1 is 1.39 bits per heavy atom. The van der Waals surface area contributed by atoms with Crippen molar-refractivity contribution >= 4 is 23.4 Å². The molecule has 18 heavy (non-hydrogen) atoms. The van der Waals surface area contributed by atoms with Crippen LogP contribution in [0.3, 0.4) is 0 Å². The number of methoxy groups -OCH3 is 1. The SMILES string of the molecule is COc1cc(C)c(Cl)cc1C(=O)C1(C(=O)O)CC1. The summed E-state index contributed by atoms with van der Waals surface area (Å²) in [4.78, 5) is 23.4. The molecule has 0 bridgehead atoms. The summed E-state index contributed by atoms with van der Waals surface area (Å²) in [5, 5.41) is 9.56. The Morgan fingerprint density at radius 3 is 2.44 bits per heavy atom. The largest absolute Gasteiger partial charge is 0.496 e. The van der Waals surface area contributed by atoms with Crippen LogP contribution in [0.4, 0.5) is 0 Å². The normalized spacial score (nSPS) is 16.2. The fourth-order valence-corrected chi connectivity index (χ4v) is 2.09. The first-order valence-corrected chi connectivity index (χ1v) is 5.92. The summed E-state index contributed by atoms with van der Waals surface area (Å²) in [6.45, 7) is 1.79. The fourth-order valence-electron chi connectivity index (χ4n) is 1.92. The number of Topliss-reactive ketones (excluding diaryl/α,β-unsaturated/α-hetero) is 1. The number of aliphatic carboxylic acids is 1. The molecule has 0 unspecified atom stereocenters. The van der Waals surface area contributed by atoms with Gasteiger partial charge in [0.05, 0.1) is 12.7 Å². The van der Waals surface area contributed by atoms with Crippen molar-refractivity contribution in [1.82, 2.24) is 0 Å². The van der Waals surface area contributed by atoms with Crippen LogP contribution in [0.1, 0.15) is 28.8 Å². The summed E-state index contributed by atoms with van der Waals surface area (Å²) in [6.07, 6.45) is 0.742. The Balaban J connectivity index is 2.48. The molecular weight excluding hydrogens is 256 g/mol. The van der Waals surface area contributed by atoms with Crippen LogP contribution in [0.2, 0.25) is 5.02 Å². The Labute approximate surface area is 110 Å². The van der Waals surface area contributed by atoms with Crippen molar-refractivity contribution in [2.24, 2.45) is 5.41 Å². The van der Waals surface area contributed by atoms with Gasteiger partial charge in [-0.05, 0) is 37.5 Å². The summed E-state index contributed by atoms with van der Waals surface area (Å²) in [6, 6.07) is 3.13. The molecule has 0 saturated heterocycles. The second kappa shape index (κ2) is 4.28. The van der Waals surface area contributed by atoms with E-state index in [0.717, 1.165) is 5.56 Å². The van der Waals surface area contributed by atoms with E-state index in [1.54, 1.807) is 13.0 Å². The number of ketones is 1. The molecule has 1 aliphatic carbocycles. The second-order valence-electron chi connectivity index (χ2n) is 4.52. The van der Waals surface area contributed by atoms with Crippen LogP contribution in [0.25, 0.3) is 0 Å². The average Bonchev–Trinajstić information content (AvgIpc) is 3.12. The molecule has 1 saturated carbocycles. The van der Waals surface area contributed by atoms with E-state index in [0.29, 0.717) is 23.6 Å². The maximum atomic E-state index is 12.3. The summed E-state index contributed by atoms with van der Waals surface area (Å²) < 4.78 is 5.13. The molecule has 0 amide bonds. The molecule has 5 heteroatoms. The van der Waals surface area contributed by atoms with Gasteiger partial charge in [-0.3, -0.25) is 9.59 Å². The van der Waals surface area contributed by atoms with Crippen molar-refractivity contribution in [1.29, 1.82) is 0 Å². The number of carboxylic acids is 1. The third-order valence-electron chi connectivity index (χ3n) is 3.32. The van der Waals surface area contributed by atoms with Crippen LogP contribution < -0.4 is 4.74 Å². The topological polar surface area (TPSA) is 63.6 Å². The molecule has 0 aliphatic heterocycles. The Bertz CT molecular complexity index is 532. The first-order chi connectivity index (χ1) is 8.42. The molecule has 0 aromatic heterocycles. The number of hydrogen-bond donors (Lipinski definition) is 1. The van der Waals surface area contributed by atoms with Crippen LogP contribution in [-0.4, -0.2) is 24.0 Å². The zero-order chi connectivity index (χ0) is 13.5. The zero-order valence-corrected chi connectivity index (χ0v) is 10.9. The van der Waals surface area contributed by atoms with Crippen molar-refractivity contribution in [2.45, 2.75) is 19.8 Å². The van der Waals surface area contributed by atoms with Crippen molar-refractivity contribution in [3.8, 4) is 5.75 Å². The lowest BCUT2D eigenvalue weighted by molar-refractivity contribution is -0.141. The number of benzene rings is 1. The summed E-state index contributed by atoms with van der Waals surface area (Å²) >= 11 is 5.98. The van der Waals surface area contributed by atoms with E-state index in [1.165, 1.54) is 13.2 Å². The zero-order valence-electron chi connectivity index (χ0n) is 10.1. The molecule has 0 radical (unpaired) electrons. The fraction of sp³-hybridized carbons (Fsp3) is 0.385. The molecule has 0 spiro atoms. The minimum Gasteiger partial charge on any atom is -0.496 e. The maximum absolute atomic E-state index is 12.3. The number of carbonyl (C=O) groups is 2. The van der Waals surface area contributed by atoms with Crippen molar-refractivity contribution < 1.29 is 19.4 Å². The average molecular weight is 269 g/mol. The summed E-state index contributed by atoms with van der Waals surface area (Å²) in [5.41, 5.74) is -0.246. The number of carbonyl (C=O) groups excluding carboxylic acids is 1. The van der Waals surface area contributed by atoms with Crippen molar-refractivity contribution in [2.75, 3.05) is 7.11 Å².